The minimum Gasteiger partial charge on any atom is -0.449 e. The van der Waals surface area contributed by atoms with Crippen LogP contribution in [0, 0.1) is 0 Å². The molecule has 2 rings (SSSR count). The van der Waals surface area contributed by atoms with Gasteiger partial charge < -0.3 is 4.74 Å². The number of ether oxygens (including phenoxy) is 1. The molecule has 0 saturated carbocycles. The van der Waals surface area contributed by atoms with Crippen LogP contribution < -0.4 is 0 Å². The smallest absolute Gasteiger partial charge is 0.359 e. The number of halogens is 1. The van der Waals surface area contributed by atoms with Crippen molar-refractivity contribution < 1.29 is 14.3 Å². The lowest BCUT2D eigenvalue weighted by Crippen LogP contribution is -2.25. The number of Topliss-reactive ketones (excluding diaryl/α,β-unsaturated/α-hetero) is 1. The molecule has 0 aliphatic heterocycles. The van der Waals surface area contributed by atoms with E-state index < -0.39 is 12.1 Å². The molecule has 1 unspecified atom stereocenters. The first-order valence-corrected chi connectivity index (χ1v) is 8.00. The zero-order valence-corrected chi connectivity index (χ0v) is 13.5. The van der Waals surface area contributed by atoms with Crippen molar-refractivity contribution in [2.45, 2.75) is 18.2 Å². The number of carbonyl (C=O) groups excluding carboxylic acids is 2. The van der Waals surface area contributed by atoms with Crippen LogP contribution in [0.5, 0.6) is 0 Å². The van der Waals surface area contributed by atoms with E-state index in [0.29, 0.717) is 10.7 Å². The summed E-state index contributed by atoms with van der Waals surface area (Å²) in [6, 6.07) is 8.62. The first kappa shape index (κ1) is 16.5. The van der Waals surface area contributed by atoms with Crippen LogP contribution in [0.1, 0.15) is 27.8 Å². The summed E-state index contributed by atoms with van der Waals surface area (Å²) in [4.78, 5) is 32.3. The second-order valence-corrected chi connectivity index (χ2v) is 5.51. The van der Waals surface area contributed by atoms with Gasteiger partial charge in [0.1, 0.15) is 0 Å². The highest BCUT2D eigenvalue weighted by Gasteiger charge is 2.23. The quantitative estimate of drug-likeness (QED) is 0.361. The van der Waals surface area contributed by atoms with Crippen molar-refractivity contribution in [3.63, 3.8) is 0 Å². The highest BCUT2D eigenvalue weighted by atomic mass is 35.5. The highest BCUT2D eigenvalue weighted by Crippen LogP contribution is 2.18. The van der Waals surface area contributed by atoms with Gasteiger partial charge in [0.2, 0.25) is 5.78 Å². The van der Waals surface area contributed by atoms with Crippen molar-refractivity contribution in [3.05, 3.63) is 52.8 Å². The summed E-state index contributed by atoms with van der Waals surface area (Å²) in [7, 11) is 0. The molecule has 1 aromatic heterocycles. The van der Waals surface area contributed by atoms with Crippen LogP contribution in [0.15, 0.2) is 41.7 Å². The molecule has 0 bridgehead atoms. The van der Waals surface area contributed by atoms with E-state index in [4.69, 9.17) is 16.3 Å². The molecule has 0 radical (unpaired) electrons. The number of hydrogen-bond donors (Lipinski definition) is 0. The number of ketones is 1. The molecular weight excluding hydrogens is 324 g/mol. The maximum absolute atomic E-state index is 12.2. The summed E-state index contributed by atoms with van der Waals surface area (Å²) in [5, 5.41) is 0.487. The van der Waals surface area contributed by atoms with Crippen LogP contribution >= 0.6 is 23.4 Å². The zero-order valence-electron chi connectivity index (χ0n) is 11.9. The number of hydrogen-bond acceptors (Lipinski definition) is 6. The van der Waals surface area contributed by atoms with E-state index in [-0.39, 0.29) is 16.5 Å². The molecule has 0 amide bonds. The average molecular weight is 337 g/mol. The molecule has 22 heavy (non-hydrogen) atoms. The van der Waals surface area contributed by atoms with Crippen molar-refractivity contribution in [3.8, 4) is 0 Å². The van der Waals surface area contributed by atoms with Crippen LogP contribution in [0.3, 0.4) is 0 Å². The molecule has 0 fully saturated rings. The Bertz CT molecular complexity index is 694. The first-order chi connectivity index (χ1) is 10.5. The van der Waals surface area contributed by atoms with E-state index in [1.54, 1.807) is 36.6 Å². The lowest BCUT2D eigenvalue weighted by molar-refractivity contribution is 0.0312. The van der Waals surface area contributed by atoms with Crippen molar-refractivity contribution in [2.24, 2.45) is 0 Å². The van der Waals surface area contributed by atoms with Crippen molar-refractivity contribution in [1.29, 1.82) is 0 Å². The fraction of sp³-hybridized carbons (Fsp3) is 0.200. The summed E-state index contributed by atoms with van der Waals surface area (Å²) >= 11 is 7.18. The van der Waals surface area contributed by atoms with E-state index >= 15 is 0 Å². The van der Waals surface area contributed by atoms with Gasteiger partial charge in [-0.1, -0.05) is 53.7 Å². The molecule has 2 aromatic rings. The number of aromatic nitrogens is 2. The Kier molecular flexibility index (Phi) is 5.51. The third kappa shape index (κ3) is 3.84. The standard InChI is InChI=1S/C15H13ClN2O3S/c1-9(13(19)10-6-4-3-5-7-10)21-14(20)12-11(16)8-17-15(18-12)22-2/h3-9H,1-2H3. The van der Waals surface area contributed by atoms with E-state index in [1.807, 2.05) is 0 Å². The van der Waals surface area contributed by atoms with Gasteiger partial charge in [-0.25, -0.2) is 14.8 Å². The monoisotopic (exact) mass is 336 g/mol. The molecule has 0 saturated heterocycles. The summed E-state index contributed by atoms with van der Waals surface area (Å²) in [5.74, 6) is -1.04. The molecule has 0 spiro atoms. The minimum absolute atomic E-state index is 0.0475. The minimum atomic E-state index is -0.932. The maximum atomic E-state index is 12.2. The van der Waals surface area contributed by atoms with E-state index in [9.17, 15) is 9.59 Å². The number of benzene rings is 1. The van der Waals surface area contributed by atoms with Crippen LogP contribution in [-0.2, 0) is 4.74 Å². The second kappa shape index (κ2) is 7.38. The molecule has 1 atom stereocenters. The molecule has 0 N–H and O–H groups in total. The largest absolute Gasteiger partial charge is 0.449 e. The number of rotatable bonds is 5. The normalized spacial score (nSPS) is 11.8. The predicted molar refractivity (Wildman–Crippen MR) is 84.5 cm³/mol. The van der Waals surface area contributed by atoms with Crippen molar-refractivity contribution in [2.75, 3.05) is 6.26 Å². The molecule has 0 aliphatic rings. The Balaban J connectivity index is 2.13. The SMILES string of the molecule is CSc1ncc(Cl)c(C(=O)OC(C)C(=O)c2ccccc2)n1. The summed E-state index contributed by atoms with van der Waals surface area (Å²) in [6.07, 6.45) is 2.18. The Morgan fingerprint density at radius 1 is 1.27 bits per heavy atom. The third-order valence-electron chi connectivity index (χ3n) is 2.81. The van der Waals surface area contributed by atoms with Gasteiger partial charge in [0.15, 0.2) is 17.0 Å². The molecular formula is C15H13ClN2O3S. The zero-order chi connectivity index (χ0) is 16.1. The molecule has 0 aliphatic carbocycles. The average Bonchev–Trinajstić information content (AvgIpc) is 2.55. The number of esters is 1. The van der Waals surface area contributed by atoms with Gasteiger partial charge in [0, 0.05) is 5.56 Å². The number of thioether (sulfide) groups is 1. The molecule has 1 aromatic carbocycles. The molecule has 7 heteroatoms. The van der Waals surface area contributed by atoms with Crippen LogP contribution in [0.25, 0.3) is 0 Å². The predicted octanol–water partition coefficient (Wildman–Crippen LogP) is 3.28. The van der Waals surface area contributed by atoms with Gasteiger partial charge in [0.25, 0.3) is 0 Å². The van der Waals surface area contributed by atoms with Crippen LogP contribution in [0.4, 0.5) is 0 Å². The van der Waals surface area contributed by atoms with Crippen LogP contribution in [0.2, 0.25) is 5.02 Å². The van der Waals surface area contributed by atoms with Gasteiger partial charge in [0.05, 0.1) is 11.2 Å². The lowest BCUT2D eigenvalue weighted by atomic mass is 10.1. The lowest BCUT2D eigenvalue weighted by Gasteiger charge is -2.12. The van der Waals surface area contributed by atoms with Crippen LogP contribution in [-0.4, -0.2) is 34.1 Å². The fourth-order valence-electron chi connectivity index (χ4n) is 1.70. The fourth-order valence-corrected chi connectivity index (χ4v) is 2.21. The number of carbonyl (C=O) groups is 2. The van der Waals surface area contributed by atoms with Crippen molar-refractivity contribution >= 4 is 35.1 Å². The summed E-state index contributed by atoms with van der Waals surface area (Å²) < 4.78 is 5.16. The first-order valence-electron chi connectivity index (χ1n) is 6.39. The van der Waals surface area contributed by atoms with E-state index in [1.165, 1.54) is 24.9 Å². The Morgan fingerprint density at radius 2 is 1.95 bits per heavy atom. The summed E-state index contributed by atoms with van der Waals surface area (Å²) in [5.41, 5.74) is 0.426. The van der Waals surface area contributed by atoms with E-state index in [0.717, 1.165) is 0 Å². The molecule has 5 nitrogen and oxygen atoms in total. The summed E-state index contributed by atoms with van der Waals surface area (Å²) in [6.45, 7) is 1.51. The van der Waals surface area contributed by atoms with Gasteiger partial charge in [-0.2, -0.15) is 0 Å². The van der Waals surface area contributed by atoms with Crippen molar-refractivity contribution in [1.82, 2.24) is 9.97 Å². The topological polar surface area (TPSA) is 69.2 Å². The van der Waals surface area contributed by atoms with Gasteiger partial charge in [-0.05, 0) is 13.2 Å². The van der Waals surface area contributed by atoms with Gasteiger partial charge in [-0.15, -0.1) is 0 Å². The van der Waals surface area contributed by atoms with Gasteiger partial charge >= 0.3 is 5.97 Å². The number of nitrogens with zero attached hydrogens (tertiary/aromatic N) is 2. The Morgan fingerprint density at radius 3 is 2.59 bits per heavy atom. The maximum Gasteiger partial charge on any atom is 0.359 e. The third-order valence-corrected chi connectivity index (χ3v) is 3.65. The van der Waals surface area contributed by atoms with Gasteiger partial charge in [-0.3, -0.25) is 4.79 Å². The van der Waals surface area contributed by atoms with E-state index in [2.05, 4.69) is 9.97 Å². The second-order valence-electron chi connectivity index (χ2n) is 4.33. The Labute approximate surface area is 137 Å². The molecule has 1 heterocycles. The molecule has 114 valence electrons. The highest BCUT2D eigenvalue weighted by molar-refractivity contribution is 7.98. The Hall–Kier alpha value is -1.92.